The van der Waals surface area contributed by atoms with Gasteiger partial charge in [0.25, 0.3) is 5.91 Å². The van der Waals surface area contributed by atoms with Crippen molar-refractivity contribution >= 4 is 39.5 Å². The van der Waals surface area contributed by atoms with Crippen LogP contribution in [0.2, 0.25) is 5.02 Å². The van der Waals surface area contributed by atoms with E-state index < -0.39 is 40.4 Å². The van der Waals surface area contributed by atoms with Crippen LogP contribution in [0.4, 0.5) is 9.18 Å². The van der Waals surface area contributed by atoms with Crippen molar-refractivity contribution in [1.82, 2.24) is 10.0 Å². The molecule has 0 aliphatic carbocycles. The van der Waals surface area contributed by atoms with Gasteiger partial charge >= 0.3 is 12.0 Å². The van der Waals surface area contributed by atoms with E-state index in [9.17, 15) is 27.2 Å². The van der Waals surface area contributed by atoms with Crippen LogP contribution in [0.25, 0.3) is 0 Å². The second-order valence-electron chi connectivity index (χ2n) is 4.30. The third-order valence-corrected chi connectivity index (χ3v) is 4.20. The lowest BCUT2D eigenvalue weighted by Crippen LogP contribution is -2.38. The average molecular weight is 382 g/mol. The van der Waals surface area contributed by atoms with Crippen LogP contribution < -0.4 is 15.8 Å². The highest BCUT2D eigenvalue weighted by molar-refractivity contribution is 7.89. The first-order valence-electron chi connectivity index (χ1n) is 6.31. The van der Waals surface area contributed by atoms with Crippen molar-refractivity contribution in [3.8, 4) is 0 Å². The van der Waals surface area contributed by atoms with Gasteiger partial charge in [0.05, 0.1) is 16.3 Å². The molecular formula is C12H13ClFN3O6S. The van der Waals surface area contributed by atoms with Crippen molar-refractivity contribution in [2.75, 3.05) is 13.2 Å². The number of hydrogen-bond acceptors (Lipinski definition) is 6. The molecule has 0 aliphatic heterocycles. The van der Waals surface area contributed by atoms with Gasteiger partial charge in [-0.2, -0.15) is 0 Å². The second kappa shape index (κ2) is 8.57. The van der Waals surface area contributed by atoms with E-state index in [1.54, 1.807) is 5.32 Å². The van der Waals surface area contributed by atoms with E-state index >= 15 is 0 Å². The zero-order chi connectivity index (χ0) is 18.3. The van der Waals surface area contributed by atoms with Crippen molar-refractivity contribution in [2.45, 2.75) is 11.3 Å². The van der Waals surface area contributed by atoms with E-state index in [0.29, 0.717) is 0 Å². The monoisotopic (exact) mass is 381 g/mol. The Labute approximate surface area is 141 Å². The number of halogens is 2. The summed E-state index contributed by atoms with van der Waals surface area (Å²) in [5, 5.41) is 1.31. The molecule has 0 saturated heterocycles. The van der Waals surface area contributed by atoms with Crippen molar-refractivity contribution < 1.29 is 31.9 Å². The van der Waals surface area contributed by atoms with Gasteiger partial charge in [-0.3, -0.25) is 14.9 Å². The molecule has 24 heavy (non-hydrogen) atoms. The van der Waals surface area contributed by atoms with Gasteiger partial charge in [0, 0.05) is 6.54 Å². The van der Waals surface area contributed by atoms with E-state index in [-0.39, 0.29) is 22.9 Å². The molecule has 0 unspecified atom stereocenters. The van der Waals surface area contributed by atoms with Gasteiger partial charge in [0.1, 0.15) is 5.82 Å². The van der Waals surface area contributed by atoms with Gasteiger partial charge < -0.3 is 10.5 Å². The Kier molecular flexibility index (Phi) is 7.07. The molecule has 0 radical (unpaired) electrons. The molecule has 1 aromatic rings. The number of ether oxygens (including phenoxy) is 1. The van der Waals surface area contributed by atoms with E-state index in [0.717, 1.165) is 18.2 Å². The molecule has 9 nitrogen and oxygen atoms in total. The fourth-order valence-corrected chi connectivity index (χ4v) is 2.71. The maximum Gasteiger partial charge on any atom is 0.318 e. The number of amides is 3. The number of carbonyl (C=O) groups excluding carboxylic acids is 3. The van der Waals surface area contributed by atoms with E-state index in [2.05, 4.69) is 15.2 Å². The molecule has 0 atom stereocenters. The van der Waals surface area contributed by atoms with E-state index in [1.165, 1.54) is 0 Å². The van der Waals surface area contributed by atoms with Crippen LogP contribution in [0.15, 0.2) is 23.1 Å². The standard InChI is InChI=1S/C12H13ClFN3O6S/c13-8-5-7(1-2-9(8)14)24(21,22)16-4-3-11(19)23-6-10(18)17-12(15)20/h1-2,5,16H,3-4,6H2,(H3,15,17,18,20). The summed E-state index contributed by atoms with van der Waals surface area (Å²) in [5.41, 5.74) is 4.68. The third-order valence-electron chi connectivity index (χ3n) is 2.45. The van der Waals surface area contributed by atoms with Gasteiger partial charge in [0.15, 0.2) is 6.61 Å². The van der Waals surface area contributed by atoms with Crippen molar-refractivity contribution in [3.63, 3.8) is 0 Å². The molecule has 132 valence electrons. The fraction of sp³-hybridized carbons (Fsp3) is 0.250. The fourth-order valence-electron chi connectivity index (χ4n) is 1.41. The smallest absolute Gasteiger partial charge is 0.318 e. The summed E-state index contributed by atoms with van der Waals surface area (Å²) in [7, 11) is -3.99. The number of benzene rings is 1. The molecular weight excluding hydrogens is 369 g/mol. The number of nitrogens with one attached hydrogen (secondary N) is 2. The molecule has 3 amide bonds. The lowest BCUT2D eigenvalue weighted by Gasteiger charge is -2.07. The predicted octanol–water partition coefficient (Wildman–Crippen LogP) is -0.114. The van der Waals surface area contributed by atoms with E-state index in [4.69, 9.17) is 11.6 Å². The van der Waals surface area contributed by atoms with Crippen LogP contribution in [-0.2, 0) is 24.3 Å². The Morgan fingerprint density at radius 1 is 1.29 bits per heavy atom. The summed E-state index contributed by atoms with van der Waals surface area (Å²) in [5.74, 6) is -2.57. The number of urea groups is 1. The number of hydrogen-bond donors (Lipinski definition) is 3. The van der Waals surface area contributed by atoms with Crippen molar-refractivity contribution in [1.29, 1.82) is 0 Å². The van der Waals surface area contributed by atoms with Gasteiger partial charge in [-0.25, -0.2) is 22.3 Å². The summed E-state index contributed by atoms with van der Waals surface area (Å²) in [4.78, 5) is 32.4. The maximum atomic E-state index is 13.0. The van der Waals surface area contributed by atoms with Gasteiger partial charge in [-0.1, -0.05) is 11.6 Å². The van der Waals surface area contributed by atoms with Crippen LogP contribution in [0, 0.1) is 5.82 Å². The predicted molar refractivity (Wildman–Crippen MR) is 79.9 cm³/mol. The minimum absolute atomic E-state index is 0.275. The first-order chi connectivity index (χ1) is 11.1. The summed E-state index contributed by atoms with van der Waals surface area (Å²) in [6.07, 6.45) is -0.377. The molecule has 12 heteroatoms. The summed E-state index contributed by atoms with van der Waals surface area (Å²) < 4.78 is 43.4. The molecule has 0 spiro atoms. The highest BCUT2D eigenvalue weighted by Gasteiger charge is 2.16. The lowest BCUT2D eigenvalue weighted by molar-refractivity contribution is -0.148. The molecule has 0 fully saturated rings. The van der Waals surface area contributed by atoms with Crippen LogP contribution in [-0.4, -0.2) is 39.5 Å². The third kappa shape index (κ3) is 6.48. The minimum atomic E-state index is -3.99. The van der Waals surface area contributed by atoms with E-state index in [1.807, 2.05) is 0 Å². The van der Waals surface area contributed by atoms with Gasteiger partial charge in [0.2, 0.25) is 10.0 Å². The molecule has 1 rings (SSSR count). The normalized spacial score (nSPS) is 10.9. The molecule has 0 aliphatic rings. The number of rotatable bonds is 7. The van der Waals surface area contributed by atoms with Crippen LogP contribution in [0.3, 0.4) is 0 Å². The van der Waals surface area contributed by atoms with Crippen molar-refractivity contribution in [2.24, 2.45) is 5.73 Å². The molecule has 1 aromatic carbocycles. The Balaban J connectivity index is 2.45. The lowest BCUT2D eigenvalue weighted by atomic mass is 10.3. The molecule has 4 N–H and O–H groups in total. The zero-order valence-electron chi connectivity index (χ0n) is 12.0. The quantitative estimate of drug-likeness (QED) is 0.562. The molecule has 0 heterocycles. The Morgan fingerprint density at radius 3 is 2.54 bits per heavy atom. The highest BCUT2D eigenvalue weighted by Crippen LogP contribution is 2.19. The summed E-state index contributed by atoms with van der Waals surface area (Å²) >= 11 is 5.50. The first kappa shape index (κ1) is 19.8. The van der Waals surface area contributed by atoms with Crippen molar-refractivity contribution in [3.05, 3.63) is 29.0 Å². The topological polar surface area (TPSA) is 145 Å². The Hall–Kier alpha value is -2.24. The average Bonchev–Trinajstić information content (AvgIpc) is 2.47. The minimum Gasteiger partial charge on any atom is -0.456 e. The number of primary amides is 1. The second-order valence-corrected chi connectivity index (χ2v) is 6.47. The Morgan fingerprint density at radius 2 is 1.96 bits per heavy atom. The summed E-state index contributed by atoms with van der Waals surface area (Å²) in [6, 6.07) is 1.73. The largest absolute Gasteiger partial charge is 0.456 e. The SMILES string of the molecule is NC(=O)NC(=O)COC(=O)CCNS(=O)(=O)c1ccc(F)c(Cl)c1. The number of imide groups is 1. The zero-order valence-corrected chi connectivity index (χ0v) is 13.6. The van der Waals surface area contributed by atoms with Gasteiger partial charge in [-0.15, -0.1) is 0 Å². The number of sulfonamides is 1. The van der Waals surface area contributed by atoms with Crippen LogP contribution >= 0.6 is 11.6 Å². The molecule has 0 aromatic heterocycles. The first-order valence-corrected chi connectivity index (χ1v) is 8.17. The number of esters is 1. The molecule has 0 saturated carbocycles. The number of nitrogens with two attached hydrogens (primary N) is 1. The number of carbonyl (C=O) groups is 3. The maximum absolute atomic E-state index is 13.0. The molecule has 0 bridgehead atoms. The van der Waals surface area contributed by atoms with Gasteiger partial charge in [-0.05, 0) is 18.2 Å². The van der Waals surface area contributed by atoms with Crippen LogP contribution in [0.1, 0.15) is 6.42 Å². The Bertz CT molecular complexity index is 755. The highest BCUT2D eigenvalue weighted by atomic mass is 35.5. The van der Waals surface area contributed by atoms with Crippen LogP contribution in [0.5, 0.6) is 0 Å². The summed E-state index contributed by atoms with van der Waals surface area (Å²) in [6.45, 7) is -1.06.